The Morgan fingerprint density at radius 3 is 2.33 bits per heavy atom. The molecule has 6 rings (SSSR count). The van der Waals surface area contributed by atoms with Gasteiger partial charge in [-0.1, -0.05) is 17.7 Å². The van der Waals surface area contributed by atoms with Crippen molar-refractivity contribution < 1.29 is 13.2 Å². The van der Waals surface area contributed by atoms with Crippen molar-refractivity contribution in [2.24, 2.45) is 0 Å². The number of nitrogens with zero attached hydrogens (tertiary/aromatic N) is 6. The van der Waals surface area contributed by atoms with Crippen LogP contribution in [0.2, 0.25) is 0 Å². The first-order chi connectivity index (χ1) is 18.8. The van der Waals surface area contributed by atoms with Crippen LogP contribution in [0.4, 0.5) is 0 Å². The maximum atomic E-state index is 13.7. The minimum absolute atomic E-state index is 0.203. The number of hydrogen-bond acceptors (Lipinski definition) is 7. The molecule has 0 amide bonds. The van der Waals surface area contributed by atoms with E-state index in [1.165, 1.54) is 3.97 Å². The Bertz CT molecular complexity index is 1730. The van der Waals surface area contributed by atoms with E-state index in [2.05, 4.69) is 33.2 Å². The zero-order valence-electron chi connectivity index (χ0n) is 22.2. The van der Waals surface area contributed by atoms with Gasteiger partial charge in [0, 0.05) is 58.5 Å². The number of fused-ring (bicyclic) bond motifs is 1. The molecule has 1 aliphatic rings. The van der Waals surface area contributed by atoms with Crippen LogP contribution in [0.1, 0.15) is 24.4 Å². The number of likely N-dealkylation sites (tertiary alicyclic amines) is 1. The third-order valence-electron chi connectivity index (χ3n) is 7.44. The molecule has 0 aliphatic carbocycles. The molecule has 0 unspecified atom stereocenters. The van der Waals surface area contributed by atoms with Crippen molar-refractivity contribution in [2.45, 2.75) is 30.7 Å². The van der Waals surface area contributed by atoms with Crippen molar-refractivity contribution in [1.29, 1.82) is 0 Å². The molecular formula is C29H30N6O3S. The monoisotopic (exact) mass is 542 g/mol. The van der Waals surface area contributed by atoms with Gasteiger partial charge in [-0.3, -0.25) is 4.68 Å². The van der Waals surface area contributed by atoms with Crippen LogP contribution in [0.15, 0.2) is 78.3 Å². The topological polar surface area (TPSA) is 95.1 Å². The van der Waals surface area contributed by atoms with Gasteiger partial charge in [-0.25, -0.2) is 22.4 Å². The predicted molar refractivity (Wildman–Crippen MR) is 150 cm³/mol. The molecule has 0 atom stereocenters. The normalized spacial score (nSPS) is 15.2. The lowest BCUT2D eigenvalue weighted by Crippen LogP contribution is -2.31. The summed E-state index contributed by atoms with van der Waals surface area (Å²) in [6, 6.07) is 12.8. The van der Waals surface area contributed by atoms with Crippen molar-refractivity contribution >= 4 is 21.1 Å². The van der Waals surface area contributed by atoms with E-state index >= 15 is 0 Å². The summed E-state index contributed by atoms with van der Waals surface area (Å²) in [5.74, 6) is 0.481. The van der Waals surface area contributed by atoms with Crippen molar-refractivity contribution in [3.8, 4) is 28.1 Å². The Balaban J connectivity index is 1.46. The van der Waals surface area contributed by atoms with Gasteiger partial charge < -0.3 is 9.64 Å². The van der Waals surface area contributed by atoms with Crippen molar-refractivity contribution in [1.82, 2.24) is 28.6 Å². The van der Waals surface area contributed by atoms with Gasteiger partial charge in [0.25, 0.3) is 10.0 Å². The van der Waals surface area contributed by atoms with Crippen molar-refractivity contribution in [3.05, 3.63) is 79.0 Å². The van der Waals surface area contributed by atoms with E-state index in [1.54, 1.807) is 56.0 Å². The molecule has 5 aromatic rings. The minimum atomic E-state index is -3.89. The van der Waals surface area contributed by atoms with Crippen LogP contribution < -0.4 is 4.74 Å². The number of benzene rings is 1. The number of piperidine rings is 1. The Labute approximate surface area is 227 Å². The molecule has 0 saturated carbocycles. The molecule has 10 heteroatoms. The van der Waals surface area contributed by atoms with Gasteiger partial charge in [0.05, 0.1) is 24.2 Å². The fourth-order valence-corrected chi connectivity index (χ4v) is 6.41. The summed E-state index contributed by atoms with van der Waals surface area (Å²) in [5, 5.41) is 5.37. The van der Waals surface area contributed by atoms with Gasteiger partial charge in [-0.2, -0.15) is 5.10 Å². The summed E-state index contributed by atoms with van der Waals surface area (Å²) >= 11 is 0. The van der Waals surface area contributed by atoms with Gasteiger partial charge in [0.2, 0.25) is 5.88 Å². The molecular weight excluding hydrogens is 512 g/mol. The molecule has 5 heterocycles. The highest BCUT2D eigenvalue weighted by Crippen LogP contribution is 2.35. The average Bonchev–Trinajstić information content (AvgIpc) is 3.60. The van der Waals surface area contributed by atoms with Crippen LogP contribution in [0.5, 0.6) is 5.88 Å². The summed E-state index contributed by atoms with van der Waals surface area (Å²) in [7, 11) is -0.181. The molecule has 0 radical (unpaired) electrons. The maximum Gasteiger partial charge on any atom is 0.269 e. The van der Waals surface area contributed by atoms with E-state index < -0.39 is 10.0 Å². The Morgan fingerprint density at radius 1 is 0.897 bits per heavy atom. The van der Waals surface area contributed by atoms with Gasteiger partial charge in [0.1, 0.15) is 0 Å². The fraction of sp³-hybridized carbons (Fsp3) is 0.276. The molecule has 200 valence electrons. The van der Waals surface area contributed by atoms with Gasteiger partial charge in [0.15, 0.2) is 5.65 Å². The summed E-state index contributed by atoms with van der Waals surface area (Å²) in [5.41, 5.74) is 4.63. The second-order valence-corrected chi connectivity index (χ2v) is 11.9. The van der Waals surface area contributed by atoms with Crippen LogP contribution >= 0.6 is 0 Å². The van der Waals surface area contributed by atoms with E-state index in [4.69, 9.17) is 4.74 Å². The van der Waals surface area contributed by atoms with E-state index in [0.717, 1.165) is 48.2 Å². The quantitative estimate of drug-likeness (QED) is 0.305. The molecule has 1 fully saturated rings. The number of pyridine rings is 2. The maximum absolute atomic E-state index is 13.7. The van der Waals surface area contributed by atoms with E-state index in [-0.39, 0.29) is 4.90 Å². The standard InChI is InChI=1S/C29H30N6O3S/c1-20-4-7-25(8-5-20)39(36,37)35-19-27(21-6-9-28(38-3)30-15-21)26-14-22(16-31-29(26)35)23-17-32-34(18-23)24-10-12-33(2)13-11-24/h4-9,14-19,24H,10-13H2,1-3H3. The molecule has 0 N–H and O–H groups in total. The molecule has 39 heavy (non-hydrogen) atoms. The third-order valence-corrected chi connectivity index (χ3v) is 9.11. The lowest BCUT2D eigenvalue weighted by molar-refractivity contribution is 0.212. The summed E-state index contributed by atoms with van der Waals surface area (Å²) in [6.45, 7) is 4.03. The first-order valence-electron chi connectivity index (χ1n) is 12.9. The number of hydrogen-bond donors (Lipinski definition) is 0. The Kier molecular flexibility index (Phi) is 6.44. The Hall–Kier alpha value is -4.02. The lowest BCUT2D eigenvalue weighted by atomic mass is 10.0. The molecule has 1 saturated heterocycles. The Morgan fingerprint density at radius 2 is 1.64 bits per heavy atom. The molecule has 9 nitrogen and oxygen atoms in total. The number of aryl methyl sites for hydroxylation is 1. The van der Waals surface area contributed by atoms with Gasteiger partial charge in [-0.15, -0.1) is 0 Å². The van der Waals surface area contributed by atoms with E-state index in [1.807, 2.05) is 29.9 Å². The van der Waals surface area contributed by atoms with Crippen molar-refractivity contribution in [2.75, 3.05) is 27.2 Å². The highest BCUT2D eigenvalue weighted by Gasteiger charge is 2.24. The molecule has 4 aromatic heterocycles. The second-order valence-electron chi connectivity index (χ2n) is 10.1. The lowest BCUT2D eigenvalue weighted by Gasteiger charge is -2.28. The van der Waals surface area contributed by atoms with Crippen LogP contribution in [-0.4, -0.2) is 64.3 Å². The molecule has 1 aromatic carbocycles. The number of rotatable bonds is 6. The second kappa shape index (κ2) is 9.94. The zero-order valence-corrected chi connectivity index (χ0v) is 23.0. The van der Waals surface area contributed by atoms with E-state index in [9.17, 15) is 8.42 Å². The van der Waals surface area contributed by atoms with Gasteiger partial charge in [-0.05, 0) is 64.2 Å². The predicted octanol–water partition coefficient (Wildman–Crippen LogP) is 4.78. The summed E-state index contributed by atoms with van der Waals surface area (Å²) < 4.78 is 36.0. The van der Waals surface area contributed by atoms with E-state index in [0.29, 0.717) is 28.5 Å². The first-order valence-corrected chi connectivity index (χ1v) is 14.3. The fourth-order valence-electron chi connectivity index (χ4n) is 5.08. The number of aromatic nitrogens is 5. The molecule has 0 bridgehead atoms. The van der Waals surface area contributed by atoms with Crippen LogP contribution in [0.3, 0.4) is 0 Å². The number of ether oxygens (including phenoxy) is 1. The minimum Gasteiger partial charge on any atom is -0.481 e. The summed E-state index contributed by atoms with van der Waals surface area (Å²) in [6.07, 6.45) is 11.1. The first kappa shape index (κ1) is 25.3. The largest absolute Gasteiger partial charge is 0.481 e. The highest BCUT2D eigenvalue weighted by atomic mass is 32.2. The highest BCUT2D eigenvalue weighted by molar-refractivity contribution is 7.90. The van der Waals surface area contributed by atoms with Crippen LogP contribution in [-0.2, 0) is 10.0 Å². The SMILES string of the molecule is COc1ccc(-c2cn(S(=O)(=O)c3ccc(C)cc3)c3ncc(-c4cnn(C5CCN(C)CC5)c4)cc23)cn1. The van der Waals surface area contributed by atoms with Crippen molar-refractivity contribution in [3.63, 3.8) is 0 Å². The van der Waals surface area contributed by atoms with Crippen LogP contribution in [0, 0.1) is 6.92 Å². The smallest absolute Gasteiger partial charge is 0.269 e. The number of methoxy groups -OCH3 is 1. The van der Waals surface area contributed by atoms with Gasteiger partial charge >= 0.3 is 0 Å². The zero-order chi connectivity index (χ0) is 27.1. The summed E-state index contributed by atoms with van der Waals surface area (Å²) in [4.78, 5) is 11.6. The average molecular weight is 543 g/mol. The third kappa shape index (κ3) is 4.70. The molecule has 1 aliphatic heterocycles. The molecule has 0 spiro atoms. The van der Waals surface area contributed by atoms with Crippen LogP contribution in [0.25, 0.3) is 33.3 Å².